The van der Waals surface area contributed by atoms with E-state index in [0.717, 1.165) is 39.9 Å². The first kappa shape index (κ1) is 29.4. The van der Waals surface area contributed by atoms with Crippen LogP contribution in [0.2, 0.25) is 0 Å². The van der Waals surface area contributed by atoms with Crippen LogP contribution in [-0.4, -0.2) is 103 Å². The Bertz CT molecular complexity index is 1420. The number of carbonyl (C=O) groups is 4. The molecule has 2 amide bonds. The second kappa shape index (κ2) is 13.2. The van der Waals surface area contributed by atoms with Crippen LogP contribution >= 0.6 is 0 Å². The minimum absolute atomic E-state index is 0.000296. The highest BCUT2D eigenvalue weighted by atomic mass is 16.4. The topological polar surface area (TPSA) is 142 Å². The van der Waals surface area contributed by atoms with Gasteiger partial charge in [-0.2, -0.15) is 5.53 Å². The summed E-state index contributed by atoms with van der Waals surface area (Å²) in [5.41, 5.74) is 4.67. The molecule has 3 heterocycles. The molecular formula is C30H37N7O5. The largest absolute Gasteiger partial charge is 0.480 e. The van der Waals surface area contributed by atoms with Gasteiger partial charge in [0.05, 0.1) is 25.8 Å². The third kappa shape index (κ3) is 7.01. The number of aliphatic carboxylic acids is 1. The summed E-state index contributed by atoms with van der Waals surface area (Å²) in [5.74, 6) is -1.57. The van der Waals surface area contributed by atoms with E-state index in [0.29, 0.717) is 32.6 Å². The number of aromatic amines is 1. The predicted octanol–water partition coefficient (Wildman–Crippen LogP) is 1.59. The number of hydrogen-bond acceptors (Lipinski definition) is 8. The molecule has 2 saturated heterocycles. The van der Waals surface area contributed by atoms with Crippen molar-refractivity contribution in [1.29, 1.82) is 0 Å². The number of nitrogens with zero attached hydrogens (tertiary/aromatic N) is 5. The number of carbonyl (C=O) groups excluding carboxylic acids is 3. The zero-order chi connectivity index (χ0) is 29.6. The number of nitrogens with one attached hydrogen (secondary N) is 2. The standard InChI is InChI=1S/C30H37N7O5/c1-21(30(41)42)37(33-35-13-11-26(38)18-35)29(40)19-34(16-23-8-4-7-22-6-2-3-10-27(22)23)17-25-9-5-12-36(25)28(39)14-24-15-31-20-32-24/h2-4,6-8,10,15,20-21,25,33H,5,9,11-14,16-19H2,1H3,(H,31,32)(H,41,42)/t21-,25?/m0/s1. The van der Waals surface area contributed by atoms with Crippen LogP contribution < -0.4 is 5.53 Å². The Morgan fingerprint density at radius 3 is 2.71 bits per heavy atom. The first-order chi connectivity index (χ1) is 20.3. The number of ketones is 1. The van der Waals surface area contributed by atoms with Gasteiger partial charge >= 0.3 is 5.97 Å². The first-order valence-corrected chi connectivity index (χ1v) is 14.3. The zero-order valence-electron chi connectivity index (χ0n) is 23.7. The number of rotatable bonds is 12. The average molecular weight is 576 g/mol. The summed E-state index contributed by atoms with van der Waals surface area (Å²) in [6.07, 6.45) is 5.43. The van der Waals surface area contributed by atoms with Crippen LogP contribution in [0.15, 0.2) is 55.0 Å². The summed E-state index contributed by atoms with van der Waals surface area (Å²) in [4.78, 5) is 61.7. The summed E-state index contributed by atoms with van der Waals surface area (Å²) in [7, 11) is 0. The summed E-state index contributed by atoms with van der Waals surface area (Å²) in [6.45, 7) is 3.38. The van der Waals surface area contributed by atoms with Crippen molar-refractivity contribution in [1.82, 2.24) is 35.3 Å². The number of benzene rings is 2. The fraction of sp³-hybridized carbons (Fsp3) is 0.433. The van der Waals surface area contributed by atoms with Crippen molar-refractivity contribution in [3.05, 3.63) is 66.2 Å². The summed E-state index contributed by atoms with van der Waals surface area (Å²) in [5, 5.41) is 14.6. The van der Waals surface area contributed by atoms with E-state index >= 15 is 0 Å². The number of hydrogen-bond donors (Lipinski definition) is 3. The molecule has 2 aromatic carbocycles. The molecule has 222 valence electrons. The van der Waals surface area contributed by atoms with E-state index in [1.54, 1.807) is 17.5 Å². The molecule has 2 aliphatic rings. The summed E-state index contributed by atoms with van der Waals surface area (Å²) in [6, 6.07) is 12.8. The lowest BCUT2D eigenvalue weighted by atomic mass is 10.0. The average Bonchev–Trinajstić information content (AvgIpc) is 3.74. The van der Waals surface area contributed by atoms with Gasteiger partial charge in [-0.15, -0.1) is 0 Å². The van der Waals surface area contributed by atoms with Gasteiger partial charge in [0, 0.05) is 50.5 Å². The van der Waals surface area contributed by atoms with E-state index in [2.05, 4.69) is 15.5 Å². The van der Waals surface area contributed by atoms with Gasteiger partial charge in [-0.3, -0.25) is 19.3 Å². The van der Waals surface area contributed by atoms with Gasteiger partial charge in [-0.05, 0) is 36.1 Å². The highest BCUT2D eigenvalue weighted by Crippen LogP contribution is 2.24. The van der Waals surface area contributed by atoms with Crippen molar-refractivity contribution in [2.24, 2.45) is 0 Å². The molecular weight excluding hydrogens is 538 g/mol. The third-order valence-corrected chi connectivity index (χ3v) is 7.99. The van der Waals surface area contributed by atoms with Crippen LogP contribution in [0, 0.1) is 0 Å². The third-order valence-electron chi connectivity index (χ3n) is 7.99. The number of imidazole rings is 1. The van der Waals surface area contributed by atoms with Gasteiger partial charge in [0.15, 0.2) is 0 Å². The molecule has 2 aliphatic heterocycles. The number of likely N-dealkylation sites (tertiary alicyclic amines) is 1. The molecule has 2 fully saturated rings. The second-order valence-electron chi connectivity index (χ2n) is 11.0. The Morgan fingerprint density at radius 2 is 1.98 bits per heavy atom. The predicted molar refractivity (Wildman–Crippen MR) is 155 cm³/mol. The molecule has 1 unspecified atom stereocenters. The Labute approximate surface area is 244 Å². The molecule has 0 saturated carbocycles. The smallest absolute Gasteiger partial charge is 0.327 e. The van der Waals surface area contributed by atoms with Crippen molar-refractivity contribution in [2.45, 2.75) is 51.2 Å². The van der Waals surface area contributed by atoms with Crippen molar-refractivity contribution in [2.75, 3.05) is 32.7 Å². The van der Waals surface area contributed by atoms with Crippen molar-refractivity contribution >= 4 is 34.3 Å². The number of Topliss-reactive ketones (excluding diaryl/α,β-unsaturated/α-hetero) is 1. The number of carboxylic acid groups (broad SMARTS) is 1. The van der Waals surface area contributed by atoms with Crippen LogP contribution in [0.4, 0.5) is 0 Å². The molecule has 3 aromatic rings. The molecule has 42 heavy (non-hydrogen) atoms. The van der Waals surface area contributed by atoms with Gasteiger partial charge in [0.25, 0.3) is 5.91 Å². The zero-order valence-corrected chi connectivity index (χ0v) is 23.7. The van der Waals surface area contributed by atoms with Gasteiger partial charge in [-0.25, -0.2) is 19.8 Å². The molecule has 0 aliphatic carbocycles. The van der Waals surface area contributed by atoms with Crippen molar-refractivity contribution in [3.8, 4) is 0 Å². The molecule has 0 spiro atoms. The molecule has 2 atom stereocenters. The van der Waals surface area contributed by atoms with E-state index in [9.17, 15) is 24.3 Å². The summed E-state index contributed by atoms with van der Waals surface area (Å²) >= 11 is 0. The lowest BCUT2D eigenvalue weighted by Gasteiger charge is -2.35. The molecule has 5 rings (SSSR count). The Hall–Kier alpha value is -4.13. The van der Waals surface area contributed by atoms with Gasteiger partial charge in [-0.1, -0.05) is 42.5 Å². The highest BCUT2D eigenvalue weighted by molar-refractivity contribution is 5.86. The maximum absolute atomic E-state index is 13.8. The second-order valence-corrected chi connectivity index (χ2v) is 11.0. The number of amides is 2. The highest BCUT2D eigenvalue weighted by Gasteiger charge is 2.34. The maximum Gasteiger partial charge on any atom is 0.327 e. The number of H-pyrrole nitrogens is 1. The minimum Gasteiger partial charge on any atom is -0.480 e. The number of fused-ring (bicyclic) bond motifs is 1. The van der Waals surface area contributed by atoms with Crippen LogP contribution in [0.25, 0.3) is 10.8 Å². The number of aromatic nitrogens is 2. The summed E-state index contributed by atoms with van der Waals surface area (Å²) < 4.78 is 0. The first-order valence-electron chi connectivity index (χ1n) is 14.3. The van der Waals surface area contributed by atoms with Crippen LogP contribution in [-0.2, 0) is 32.1 Å². The van der Waals surface area contributed by atoms with Gasteiger partial charge in [0.2, 0.25) is 5.91 Å². The Morgan fingerprint density at radius 1 is 1.17 bits per heavy atom. The van der Waals surface area contributed by atoms with E-state index in [1.165, 1.54) is 6.92 Å². The van der Waals surface area contributed by atoms with Crippen LogP contribution in [0.1, 0.15) is 37.4 Å². The van der Waals surface area contributed by atoms with Crippen LogP contribution in [0.5, 0.6) is 0 Å². The molecule has 0 bridgehead atoms. The fourth-order valence-electron chi connectivity index (χ4n) is 5.76. The Balaban J connectivity index is 1.38. The lowest BCUT2D eigenvalue weighted by Crippen LogP contribution is -2.59. The van der Waals surface area contributed by atoms with E-state index < -0.39 is 17.9 Å². The van der Waals surface area contributed by atoms with Crippen LogP contribution in [0.3, 0.4) is 0 Å². The number of hydrazine groups is 2. The van der Waals surface area contributed by atoms with Crippen molar-refractivity contribution in [3.63, 3.8) is 0 Å². The SMILES string of the molecule is C[C@@H](C(=O)O)N(NN1CCC(=O)C1)C(=O)CN(Cc1cccc2ccccc12)CC1CCCN1C(=O)Cc1cnc[nH]1. The Kier molecular flexibility index (Phi) is 9.25. The van der Waals surface area contributed by atoms with E-state index in [4.69, 9.17) is 0 Å². The maximum atomic E-state index is 13.8. The quantitative estimate of drug-likeness (QED) is 0.275. The van der Waals surface area contributed by atoms with E-state index in [-0.39, 0.29) is 37.2 Å². The molecule has 0 radical (unpaired) electrons. The molecule has 3 N–H and O–H groups in total. The normalized spacial score (nSPS) is 18.2. The molecule has 12 nitrogen and oxygen atoms in total. The van der Waals surface area contributed by atoms with Gasteiger partial charge in [0.1, 0.15) is 11.8 Å². The van der Waals surface area contributed by atoms with Gasteiger partial charge < -0.3 is 15.0 Å². The molecule has 12 heteroatoms. The minimum atomic E-state index is -1.16. The fourth-order valence-corrected chi connectivity index (χ4v) is 5.76. The number of carboxylic acids is 1. The van der Waals surface area contributed by atoms with Crippen molar-refractivity contribution < 1.29 is 24.3 Å². The molecule has 1 aromatic heterocycles. The lowest BCUT2D eigenvalue weighted by molar-refractivity contribution is -0.158. The van der Waals surface area contributed by atoms with E-state index in [1.807, 2.05) is 52.3 Å². The monoisotopic (exact) mass is 575 g/mol.